The molecular formula is C23H20N4O4. The average Bonchev–Trinajstić information content (AvgIpc) is 3.28. The summed E-state index contributed by atoms with van der Waals surface area (Å²) in [4.78, 5) is 20.9. The molecule has 0 spiro atoms. The van der Waals surface area contributed by atoms with Crippen LogP contribution in [-0.4, -0.2) is 34.7 Å². The zero-order valence-corrected chi connectivity index (χ0v) is 16.8. The lowest BCUT2D eigenvalue weighted by Gasteiger charge is -2.12. The second-order valence-corrected chi connectivity index (χ2v) is 6.57. The van der Waals surface area contributed by atoms with Crippen LogP contribution in [-0.2, 0) is 11.2 Å². The summed E-state index contributed by atoms with van der Waals surface area (Å²) in [6.45, 7) is -0.151. The van der Waals surface area contributed by atoms with E-state index in [-0.39, 0.29) is 12.5 Å². The predicted octanol–water partition coefficient (Wildman–Crippen LogP) is 3.75. The van der Waals surface area contributed by atoms with E-state index in [1.165, 1.54) is 0 Å². The molecule has 4 aromatic rings. The van der Waals surface area contributed by atoms with Crippen LogP contribution in [0, 0.1) is 0 Å². The smallest absolute Gasteiger partial charge is 0.262 e. The van der Waals surface area contributed by atoms with E-state index in [4.69, 9.17) is 14.0 Å². The number of nitrogens with zero attached hydrogens (tertiary/aromatic N) is 3. The summed E-state index contributed by atoms with van der Waals surface area (Å²) in [5, 5.41) is 6.89. The zero-order chi connectivity index (χ0) is 21.5. The van der Waals surface area contributed by atoms with E-state index in [0.29, 0.717) is 35.3 Å². The Hall–Kier alpha value is -4.20. The summed E-state index contributed by atoms with van der Waals surface area (Å²) in [5.74, 6) is 1.71. The van der Waals surface area contributed by atoms with E-state index in [0.717, 1.165) is 11.1 Å². The monoisotopic (exact) mass is 416 g/mol. The Morgan fingerprint density at radius 1 is 1.00 bits per heavy atom. The van der Waals surface area contributed by atoms with Crippen LogP contribution in [0.25, 0.3) is 11.4 Å². The molecule has 0 unspecified atom stereocenters. The molecule has 0 aliphatic heterocycles. The first-order valence-corrected chi connectivity index (χ1v) is 9.59. The molecule has 1 N–H and O–H groups in total. The molecule has 31 heavy (non-hydrogen) atoms. The highest BCUT2D eigenvalue weighted by Gasteiger charge is 2.13. The minimum atomic E-state index is -0.290. The van der Waals surface area contributed by atoms with E-state index in [2.05, 4.69) is 20.4 Å². The van der Waals surface area contributed by atoms with Crippen molar-refractivity contribution in [3.8, 4) is 22.9 Å². The third-order valence-corrected chi connectivity index (χ3v) is 4.47. The van der Waals surface area contributed by atoms with Crippen molar-refractivity contribution in [2.75, 3.05) is 19.0 Å². The summed E-state index contributed by atoms with van der Waals surface area (Å²) in [7, 11) is 1.55. The van der Waals surface area contributed by atoms with Gasteiger partial charge in [0, 0.05) is 23.6 Å². The highest BCUT2D eigenvalue weighted by molar-refractivity contribution is 5.92. The lowest BCUT2D eigenvalue weighted by atomic mass is 10.1. The van der Waals surface area contributed by atoms with Crippen LogP contribution in [0.1, 0.15) is 11.5 Å². The normalized spacial score (nSPS) is 10.5. The van der Waals surface area contributed by atoms with Gasteiger partial charge in [-0.05, 0) is 35.9 Å². The number of carbonyl (C=O) groups excluding carboxylic acids is 1. The number of pyridine rings is 1. The van der Waals surface area contributed by atoms with Gasteiger partial charge in [-0.1, -0.05) is 35.5 Å². The molecule has 2 aromatic heterocycles. The lowest BCUT2D eigenvalue weighted by Crippen LogP contribution is -2.21. The molecule has 0 bridgehead atoms. The van der Waals surface area contributed by atoms with Gasteiger partial charge in [0.15, 0.2) is 18.1 Å². The number of carbonyl (C=O) groups is 1. The average molecular weight is 416 g/mol. The van der Waals surface area contributed by atoms with Crippen LogP contribution in [0.15, 0.2) is 77.6 Å². The van der Waals surface area contributed by atoms with E-state index in [1.807, 2.05) is 48.5 Å². The Kier molecular flexibility index (Phi) is 6.18. The number of amides is 1. The molecule has 4 rings (SSSR count). The van der Waals surface area contributed by atoms with Crippen molar-refractivity contribution >= 4 is 11.6 Å². The zero-order valence-electron chi connectivity index (χ0n) is 16.8. The molecule has 156 valence electrons. The summed E-state index contributed by atoms with van der Waals surface area (Å²) >= 11 is 0. The maximum atomic E-state index is 12.4. The van der Waals surface area contributed by atoms with Gasteiger partial charge in [0.2, 0.25) is 11.7 Å². The van der Waals surface area contributed by atoms with Crippen LogP contribution in [0.4, 0.5) is 5.69 Å². The largest absolute Gasteiger partial charge is 0.493 e. The molecule has 0 atom stereocenters. The molecule has 0 aliphatic carbocycles. The molecule has 1 amide bonds. The number of hydrogen-bond acceptors (Lipinski definition) is 7. The maximum absolute atomic E-state index is 12.4. The van der Waals surface area contributed by atoms with E-state index in [1.54, 1.807) is 31.6 Å². The van der Waals surface area contributed by atoms with Crippen molar-refractivity contribution in [2.24, 2.45) is 0 Å². The van der Waals surface area contributed by atoms with Gasteiger partial charge in [-0.3, -0.25) is 9.78 Å². The van der Waals surface area contributed by atoms with Crippen LogP contribution < -0.4 is 14.8 Å². The second kappa shape index (κ2) is 9.53. The van der Waals surface area contributed by atoms with Gasteiger partial charge in [0.05, 0.1) is 13.5 Å². The fourth-order valence-corrected chi connectivity index (χ4v) is 2.97. The summed E-state index contributed by atoms with van der Waals surface area (Å²) < 4.78 is 16.2. The first-order chi connectivity index (χ1) is 15.2. The highest BCUT2D eigenvalue weighted by Crippen LogP contribution is 2.26. The Morgan fingerprint density at radius 3 is 2.55 bits per heavy atom. The number of nitrogens with one attached hydrogen (secondary N) is 1. The standard InChI is InChI=1S/C23H20N4O4/c1-29-19-8-4-5-9-20(19)30-15-21(28)25-18-7-3-2-6-17(18)14-22-26-23(27-31-22)16-10-12-24-13-11-16/h2-13H,14-15H2,1H3,(H,25,28). The fourth-order valence-electron chi connectivity index (χ4n) is 2.97. The molecule has 0 saturated heterocycles. The van der Waals surface area contributed by atoms with Gasteiger partial charge in [0.25, 0.3) is 5.91 Å². The number of aromatic nitrogens is 3. The predicted molar refractivity (Wildman–Crippen MR) is 114 cm³/mol. The number of rotatable bonds is 8. The third kappa shape index (κ3) is 5.05. The SMILES string of the molecule is COc1ccccc1OCC(=O)Nc1ccccc1Cc1nc(-c2ccncc2)no1. The van der Waals surface area contributed by atoms with Gasteiger partial charge in [0.1, 0.15) is 0 Å². The first kappa shape index (κ1) is 20.1. The van der Waals surface area contributed by atoms with Crippen molar-refractivity contribution < 1.29 is 18.8 Å². The molecular weight excluding hydrogens is 396 g/mol. The van der Waals surface area contributed by atoms with Crippen molar-refractivity contribution in [1.82, 2.24) is 15.1 Å². The quantitative estimate of drug-likeness (QED) is 0.467. The Bertz CT molecular complexity index is 1160. The van der Waals surface area contributed by atoms with Gasteiger partial charge in [-0.15, -0.1) is 0 Å². The van der Waals surface area contributed by atoms with Crippen LogP contribution >= 0.6 is 0 Å². The number of methoxy groups -OCH3 is 1. The maximum Gasteiger partial charge on any atom is 0.262 e. The van der Waals surface area contributed by atoms with Crippen molar-refractivity contribution in [3.63, 3.8) is 0 Å². The topological polar surface area (TPSA) is 99.4 Å². The third-order valence-electron chi connectivity index (χ3n) is 4.47. The van der Waals surface area contributed by atoms with Crippen LogP contribution in [0.5, 0.6) is 11.5 Å². The van der Waals surface area contributed by atoms with Gasteiger partial charge >= 0.3 is 0 Å². The van der Waals surface area contributed by atoms with Crippen LogP contribution in [0.3, 0.4) is 0 Å². The molecule has 8 nitrogen and oxygen atoms in total. The van der Waals surface area contributed by atoms with E-state index < -0.39 is 0 Å². The fraction of sp³-hybridized carbons (Fsp3) is 0.130. The minimum absolute atomic E-state index is 0.151. The van der Waals surface area contributed by atoms with Crippen molar-refractivity contribution in [2.45, 2.75) is 6.42 Å². The Labute approximate surface area is 178 Å². The van der Waals surface area contributed by atoms with Crippen LogP contribution in [0.2, 0.25) is 0 Å². The number of para-hydroxylation sites is 3. The first-order valence-electron chi connectivity index (χ1n) is 9.59. The Morgan fingerprint density at radius 2 is 1.74 bits per heavy atom. The molecule has 2 heterocycles. The van der Waals surface area contributed by atoms with Crippen molar-refractivity contribution in [3.05, 3.63) is 84.5 Å². The number of anilines is 1. The molecule has 0 radical (unpaired) electrons. The second-order valence-electron chi connectivity index (χ2n) is 6.57. The summed E-state index contributed by atoms with van der Waals surface area (Å²) in [6, 6.07) is 18.2. The number of hydrogen-bond donors (Lipinski definition) is 1. The lowest BCUT2D eigenvalue weighted by molar-refractivity contribution is -0.118. The number of benzene rings is 2. The van der Waals surface area contributed by atoms with Gasteiger partial charge < -0.3 is 19.3 Å². The summed E-state index contributed by atoms with van der Waals surface area (Å²) in [6.07, 6.45) is 3.72. The summed E-state index contributed by atoms with van der Waals surface area (Å²) in [5.41, 5.74) is 2.32. The molecule has 0 fully saturated rings. The van der Waals surface area contributed by atoms with Gasteiger partial charge in [-0.25, -0.2) is 0 Å². The minimum Gasteiger partial charge on any atom is -0.493 e. The number of ether oxygens (including phenoxy) is 2. The molecule has 8 heteroatoms. The van der Waals surface area contributed by atoms with E-state index in [9.17, 15) is 4.79 Å². The molecule has 2 aromatic carbocycles. The van der Waals surface area contributed by atoms with E-state index >= 15 is 0 Å². The molecule has 0 aliphatic rings. The van der Waals surface area contributed by atoms with Crippen molar-refractivity contribution in [1.29, 1.82) is 0 Å². The highest BCUT2D eigenvalue weighted by atomic mass is 16.5. The molecule has 0 saturated carbocycles. The van der Waals surface area contributed by atoms with Gasteiger partial charge in [-0.2, -0.15) is 4.98 Å². The Balaban J connectivity index is 1.42.